The Morgan fingerprint density at radius 1 is 1.30 bits per heavy atom. The first-order chi connectivity index (χ1) is 14.4. The van der Waals surface area contributed by atoms with Gasteiger partial charge in [-0.2, -0.15) is 0 Å². The second-order valence-corrected chi connectivity index (χ2v) is 9.38. The number of aryl methyl sites for hydroxylation is 1. The van der Waals surface area contributed by atoms with Gasteiger partial charge in [0.05, 0.1) is 5.75 Å². The van der Waals surface area contributed by atoms with E-state index in [-0.39, 0.29) is 11.7 Å². The summed E-state index contributed by atoms with van der Waals surface area (Å²) in [5.41, 5.74) is 4.48. The number of nitrogens with one attached hydrogen (secondary N) is 1. The molecule has 3 aromatic rings. The topological polar surface area (TPSA) is 59.8 Å². The lowest BCUT2D eigenvalue weighted by Crippen LogP contribution is -2.14. The van der Waals surface area contributed by atoms with Gasteiger partial charge in [0.1, 0.15) is 0 Å². The molecule has 0 saturated heterocycles. The maximum absolute atomic E-state index is 12.4. The molecule has 0 bridgehead atoms. The zero-order chi connectivity index (χ0) is 21.7. The fourth-order valence-electron chi connectivity index (χ4n) is 3.27. The normalized spacial score (nSPS) is 11.1. The van der Waals surface area contributed by atoms with Crippen LogP contribution >= 0.6 is 23.1 Å². The molecule has 0 aliphatic carbocycles. The number of aromatic nitrogens is 3. The molecule has 30 heavy (non-hydrogen) atoms. The fraction of sp³-hybridized carbons (Fsp3) is 0.348. The number of anilines is 1. The van der Waals surface area contributed by atoms with E-state index in [4.69, 9.17) is 0 Å². The molecule has 0 radical (unpaired) electrons. The first-order valence-electron chi connectivity index (χ1n) is 10.1. The Bertz CT molecular complexity index is 1020. The fourth-order valence-corrected chi connectivity index (χ4v) is 4.96. The molecule has 0 saturated carbocycles. The highest BCUT2D eigenvalue weighted by Gasteiger charge is 2.19. The van der Waals surface area contributed by atoms with Gasteiger partial charge in [0, 0.05) is 28.1 Å². The van der Waals surface area contributed by atoms with E-state index in [2.05, 4.69) is 67.3 Å². The second-order valence-electron chi connectivity index (χ2n) is 7.36. The summed E-state index contributed by atoms with van der Waals surface area (Å²) in [7, 11) is 0. The van der Waals surface area contributed by atoms with Gasteiger partial charge >= 0.3 is 0 Å². The van der Waals surface area contributed by atoms with Crippen LogP contribution in [0.4, 0.5) is 5.69 Å². The molecule has 2 aromatic heterocycles. The van der Waals surface area contributed by atoms with Crippen molar-refractivity contribution in [1.29, 1.82) is 0 Å². The van der Waals surface area contributed by atoms with Crippen LogP contribution in [0.15, 0.2) is 47.5 Å². The number of benzene rings is 1. The molecule has 1 aromatic carbocycles. The van der Waals surface area contributed by atoms with Crippen molar-refractivity contribution in [2.45, 2.75) is 51.7 Å². The van der Waals surface area contributed by atoms with Crippen molar-refractivity contribution in [2.75, 3.05) is 11.1 Å². The van der Waals surface area contributed by atoms with E-state index in [1.807, 2.05) is 22.8 Å². The number of thioether (sulfide) groups is 1. The standard InChI is InChI=1S/C23H28N4OS2/c1-6-12-27-22(20-13-29-16(5)19(20)7-2)25-26-23(27)30-14-21(28)24-18-10-8-17(9-11-18)15(3)4/h6,8-11,13,15H,1,7,12,14H2,2-5H3,(H,24,28). The number of nitrogens with zero attached hydrogens (tertiary/aromatic N) is 3. The highest BCUT2D eigenvalue weighted by atomic mass is 32.2. The van der Waals surface area contributed by atoms with Crippen molar-refractivity contribution in [3.63, 3.8) is 0 Å². The van der Waals surface area contributed by atoms with Gasteiger partial charge in [-0.1, -0.05) is 50.7 Å². The summed E-state index contributed by atoms with van der Waals surface area (Å²) in [6, 6.07) is 7.99. The molecule has 0 spiro atoms. The van der Waals surface area contributed by atoms with Gasteiger partial charge in [-0.3, -0.25) is 9.36 Å². The molecular weight excluding hydrogens is 412 g/mol. The minimum atomic E-state index is -0.0624. The number of carbonyl (C=O) groups excluding carboxylic acids is 1. The number of amides is 1. The van der Waals surface area contributed by atoms with Gasteiger partial charge in [-0.15, -0.1) is 28.1 Å². The SMILES string of the molecule is C=CCn1c(SCC(=O)Nc2ccc(C(C)C)cc2)nnc1-c1csc(C)c1CC. The minimum Gasteiger partial charge on any atom is -0.325 e. The molecule has 2 heterocycles. The third kappa shape index (κ3) is 5.02. The number of hydrogen-bond acceptors (Lipinski definition) is 5. The van der Waals surface area contributed by atoms with Crippen LogP contribution in [0.2, 0.25) is 0 Å². The Labute approximate surface area is 186 Å². The summed E-state index contributed by atoms with van der Waals surface area (Å²) < 4.78 is 2.03. The maximum atomic E-state index is 12.4. The molecule has 1 N–H and O–H groups in total. The Hall–Kier alpha value is -2.38. The third-order valence-corrected chi connectivity index (χ3v) is 6.84. The lowest BCUT2D eigenvalue weighted by atomic mass is 10.0. The van der Waals surface area contributed by atoms with Crippen LogP contribution in [-0.2, 0) is 17.8 Å². The molecule has 0 fully saturated rings. The summed E-state index contributed by atoms with van der Waals surface area (Å²) in [6.45, 7) is 13.1. The van der Waals surface area contributed by atoms with E-state index in [0.29, 0.717) is 12.5 Å². The van der Waals surface area contributed by atoms with Gasteiger partial charge in [0.2, 0.25) is 5.91 Å². The van der Waals surface area contributed by atoms with Crippen molar-refractivity contribution in [1.82, 2.24) is 14.8 Å². The third-order valence-electron chi connectivity index (χ3n) is 4.92. The Kier molecular flexibility index (Phi) is 7.50. The molecule has 7 heteroatoms. The van der Waals surface area contributed by atoms with E-state index in [1.165, 1.54) is 27.8 Å². The summed E-state index contributed by atoms with van der Waals surface area (Å²) in [6.07, 6.45) is 2.78. The maximum Gasteiger partial charge on any atom is 0.234 e. The van der Waals surface area contributed by atoms with E-state index in [0.717, 1.165) is 28.7 Å². The summed E-state index contributed by atoms with van der Waals surface area (Å²) in [5.74, 6) is 1.51. The minimum absolute atomic E-state index is 0.0624. The van der Waals surface area contributed by atoms with Crippen molar-refractivity contribution in [3.05, 3.63) is 58.3 Å². The molecule has 0 unspecified atom stereocenters. The number of rotatable bonds is 9. The van der Waals surface area contributed by atoms with Crippen molar-refractivity contribution >= 4 is 34.7 Å². The molecule has 158 valence electrons. The monoisotopic (exact) mass is 440 g/mol. The Balaban J connectivity index is 1.71. The number of allylic oxidation sites excluding steroid dienone is 1. The van der Waals surface area contributed by atoms with E-state index < -0.39 is 0 Å². The van der Waals surface area contributed by atoms with Crippen molar-refractivity contribution in [2.24, 2.45) is 0 Å². The van der Waals surface area contributed by atoms with Crippen LogP contribution < -0.4 is 5.32 Å². The number of thiophene rings is 1. The lowest BCUT2D eigenvalue weighted by molar-refractivity contribution is -0.113. The predicted molar refractivity (Wildman–Crippen MR) is 128 cm³/mol. The van der Waals surface area contributed by atoms with E-state index >= 15 is 0 Å². The van der Waals surface area contributed by atoms with Gasteiger partial charge in [-0.25, -0.2) is 0 Å². The molecular formula is C23H28N4OS2. The first-order valence-corrected chi connectivity index (χ1v) is 11.9. The quantitative estimate of drug-likeness (QED) is 0.331. The first kappa shape index (κ1) is 22.3. The zero-order valence-electron chi connectivity index (χ0n) is 17.9. The highest BCUT2D eigenvalue weighted by molar-refractivity contribution is 7.99. The van der Waals surface area contributed by atoms with Crippen LogP contribution in [0.25, 0.3) is 11.4 Å². The molecule has 1 amide bonds. The van der Waals surface area contributed by atoms with E-state index in [9.17, 15) is 4.79 Å². The average Bonchev–Trinajstić information content (AvgIpc) is 3.29. The number of carbonyl (C=O) groups is 1. The van der Waals surface area contributed by atoms with Gasteiger partial charge < -0.3 is 5.32 Å². The predicted octanol–water partition coefficient (Wildman–Crippen LogP) is 5.92. The van der Waals surface area contributed by atoms with Gasteiger partial charge in [0.15, 0.2) is 11.0 Å². The van der Waals surface area contributed by atoms with Gasteiger partial charge in [-0.05, 0) is 42.5 Å². The molecule has 3 rings (SSSR count). The molecule has 0 aliphatic rings. The second kappa shape index (κ2) is 10.1. The summed E-state index contributed by atoms with van der Waals surface area (Å²) >= 11 is 3.12. The Morgan fingerprint density at radius 2 is 2.03 bits per heavy atom. The van der Waals surface area contributed by atoms with Crippen LogP contribution in [0.3, 0.4) is 0 Å². The molecule has 5 nitrogen and oxygen atoms in total. The summed E-state index contributed by atoms with van der Waals surface area (Å²) in [4.78, 5) is 13.7. The zero-order valence-corrected chi connectivity index (χ0v) is 19.6. The largest absolute Gasteiger partial charge is 0.325 e. The highest BCUT2D eigenvalue weighted by Crippen LogP contribution is 2.32. The van der Waals surface area contributed by atoms with Crippen molar-refractivity contribution < 1.29 is 4.79 Å². The summed E-state index contributed by atoms with van der Waals surface area (Å²) in [5, 5.41) is 14.6. The Morgan fingerprint density at radius 3 is 2.67 bits per heavy atom. The van der Waals surface area contributed by atoms with Crippen LogP contribution in [-0.4, -0.2) is 26.4 Å². The smallest absolute Gasteiger partial charge is 0.234 e. The van der Waals surface area contributed by atoms with Crippen LogP contribution in [0, 0.1) is 6.92 Å². The lowest BCUT2D eigenvalue weighted by Gasteiger charge is -2.10. The van der Waals surface area contributed by atoms with Gasteiger partial charge in [0.25, 0.3) is 0 Å². The molecule has 0 aliphatic heterocycles. The number of hydrogen-bond donors (Lipinski definition) is 1. The van der Waals surface area contributed by atoms with Crippen molar-refractivity contribution in [3.8, 4) is 11.4 Å². The van der Waals surface area contributed by atoms with E-state index in [1.54, 1.807) is 11.3 Å². The average molecular weight is 441 g/mol. The molecule has 0 atom stereocenters. The van der Waals surface area contributed by atoms with Crippen LogP contribution in [0.1, 0.15) is 42.7 Å². The van der Waals surface area contributed by atoms with Crippen LogP contribution in [0.5, 0.6) is 0 Å².